The van der Waals surface area contributed by atoms with E-state index < -0.39 is 5.69 Å². The number of thioether (sulfide) groups is 1. The third kappa shape index (κ3) is 3.41. The number of hydrogen-bond acceptors (Lipinski definition) is 5. The molecule has 2 heterocycles. The monoisotopic (exact) mass is 390 g/mol. The maximum atomic E-state index is 12.7. The van der Waals surface area contributed by atoms with Gasteiger partial charge in [-0.2, -0.15) is 0 Å². The third-order valence-corrected chi connectivity index (χ3v) is 5.39. The zero-order valence-corrected chi connectivity index (χ0v) is 16.6. The van der Waals surface area contributed by atoms with E-state index in [1.165, 1.54) is 23.4 Å². The van der Waals surface area contributed by atoms with E-state index in [1.54, 1.807) is 7.05 Å². The first-order valence-corrected chi connectivity index (χ1v) is 9.51. The van der Waals surface area contributed by atoms with Crippen molar-refractivity contribution in [2.75, 3.05) is 0 Å². The maximum Gasteiger partial charge on any atom is 0.332 e. The molecule has 0 aliphatic carbocycles. The first-order chi connectivity index (χ1) is 12.3. The van der Waals surface area contributed by atoms with Crippen LogP contribution in [0.5, 0.6) is 0 Å². The Bertz CT molecular complexity index is 1090. The molecule has 0 spiro atoms. The lowest BCUT2D eigenvalue weighted by molar-refractivity contribution is 0.689. The number of fused-ring (bicyclic) bond motifs is 1. The second kappa shape index (κ2) is 7.25. The quantitative estimate of drug-likeness (QED) is 0.505. The summed E-state index contributed by atoms with van der Waals surface area (Å²) in [5.41, 5.74) is 0.663. The van der Waals surface area contributed by atoms with Gasteiger partial charge in [-0.1, -0.05) is 37.6 Å². The van der Waals surface area contributed by atoms with Gasteiger partial charge in [0.2, 0.25) is 0 Å². The molecule has 0 unspecified atom stereocenters. The summed E-state index contributed by atoms with van der Waals surface area (Å²) >= 11 is 7.38. The predicted molar refractivity (Wildman–Crippen MR) is 105 cm³/mol. The van der Waals surface area contributed by atoms with Gasteiger partial charge in [-0.05, 0) is 17.7 Å². The summed E-state index contributed by atoms with van der Waals surface area (Å²) in [5, 5.41) is 1.64. The standard InChI is InChI=1S/C18H19ClN4O2S/c1-10(2)14-20-15-13(17(24)23(4)18(25)22(15)3)16(21-14)26-9-11-5-7-12(19)8-6-11/h5-8,10H,9H2,1-4H3. The van der Waals surface area contributed by atoms with Crippen LogP contribution in [0.2, 0.25) is 5.02 Å². The Kier molecular flexibility index (Phi) is 5.20. The van der Waals surface area contributed by atoms with Crippen molar-refractivity contribution in [2.45, 2.75) is 30.5 Å². The molecule has 8 heteroatoms. The molecule has 0 aliphatic heterocycles. The van der Waals surface area contributed by atoms with Gasteiger partial charge in [0.25, 0.3) is 5.56 Å². The summed E-state index contributed by atoms with van der Waals surface area (Å²) in [6, 6.07) is 7.54. The second-order valence-corrected chi connectivity index (χ2v) is 7.76. The fourth-order valence-electron chi connectivity index (χ4n) is 2.54. The van der Waals surface area contributed by atoms with Gasteiger partial charge < -0.3 is 0 Å². The Morgan fingerprint density at radius 1 is 1.08 bits per heavy atom. The van der Waals surface area contributed by atoms with E-state index in [9.17, 15) is 9.59 Å². The lowest BCUT2D eigenvalue weighted by Crippen LogP contribution is -2.37. The first-order valence-electron chi connectivity index (χ1n) is 8.14. The largest absolute Gasteiger partial charge is 0.332 e. The van der Waals surface area contributed by atoms with E-state index in [4.69, 9.17) is 11.6 Å². The van der Waals surface area contributed by atoms with Crippen molar-refractivity contribution in [2.24, 2.45) is 14.1 Å². The predicted octanol–water partition coefficient (Wildman–Crippen LogP) is 3.10. The van der Waals surface area contributed by atoms with E-state index in [0.717, 1.165) is 10.1 Å². The van der Waals surface area contributed by atoms with Gasteiger partial charge in [-0.3, -0.25) is 13.9 Å². The topological polar surface area (TPSA) is 69.8 Å². The molecule has 2 aromatic heterocycles. The molecule has 0 radical (unpaired) electrons. The average molecular weight is 391 g/mol. The van der Waals surface area contributed by atoms with Crippen LogP contribution in [0.3, 0.4) is 0 Å². The smallest absolute Gasteiger partial charge is 0.280 e. The number of nitrogens with zero attached hydrogens (tertiary/aromatic N) is 4. The van der Waals surface area contributed by atoms with Gasteiger partial charge >= 0.3 is 5.69 Å². The zero-order chi connectivity index (χ0) is 19.0. The molecule has 0 atom stereocenters. The van der Waals surface area contributed by atoms with Crippen LogP contribution in [0.1, 0.15) is 31.2 Å². The van der Waals surface area contributed by atoms with Gasteiger partial charge in [0.05, 0.1) is 0 Å². The van der Waals surface area contributed by atoms with Gasteiger partial charge in [0.1, 0.15) is 16.2 Å². The lowest BCUT2D eigenvalue weighted by Gasteiger charge is -2.13. The Morgan fingerprint density at radius 2 is 1.73 bits per heavy atom. The first kappa shape index (κ1) is 18.7. The molecule has 136 valence electrons. The minimum Gasteiger partial charge on any atom is -0.280 e. The van der Waals surface area contributed by atoms with E-state index in [1.807, 2.05) is 38.1 Å². The highest BCUT2D eigenvalue weighted by Gasteiger charge is 2.18. The highest BCUT2D eigenvalue weighted by molar-refractivity contribution is 7.98. The van der Waals surface area contributed by atoms with Crippen LogP contribution in [0.4, 0.5) is 0 Å². The summed E-state index contributed by atoms with van der Waals surface area (Å²) in [4.78, 5) is 34.0. The molecular formula is C18H19ClN4O2S. The molecule has 3 rings (SSSR count). The molecule has 1 aromatic carbocycles. The number of rotatable bonds is 4. The Balaban J connectivity index is 2.17. The van der Waals surface area contributed by atoms with Gasteiger partial charge in [0.15, 0.2) is 5.65 Å². The number of hydrogen-bond donors (Lipinski definition) is 0. The van der Waals surface area contributed by atoms with Gasteiger partial charge in [-0.15, -0.1) is 11.8 Å². The van der Waals surface area contributed by atoms with Crippen LogP contribution in [-0.2, 0) is 19.8 Å². The minimum atomic E-state index is -0.399. The molecule has 0 bridgehead atoms. The minimum absolute atomic E-state index is 0.0773. The normalized spacial score (nSPS) is 11.5. The highest BCUT2D eigenvalue weighted by atomic mass is 35.5. The molecule has 0 N–H and O–H groups in total. The summed E-state index contributed by atoms with van der Waals surface area (Å²) in [7, 11) is 3.09. The van der Waals surface area contributed by atoms with Crippen molar-refractivity contribution in [3.8, 4) is 0 Å². The van der Waals surface area contributed by atoms with Crippen LogP contribution in [-0.4, -0.2) is 19.1 Å². The molecular weight excluding hydrogens is 372 g/mol. The molecule has 0 saturated carbocycles. The van der Waals surface area contributed by atoms with Crippen molar-refractivity contribution in [3.05, 3.63) is 61.5 Å². The Morgan fingerprint density at radius 3 is 2.35 bits per heavy atom. The van der Waals surface area contributed by atoms with E-state index in [-0.39, 0.29) is 11.5 Å². The van der Waals surface area contributed by atoms with Crippen molar-refractivity contribution < 1.29 is 0 Å². The SMILES string of the molecule is CC(C)c1nc(SCc2ccc(Cl)cc2)c2c(=O)n(C)c(=O)n(C)c2n1. The molecule has 0 aliphatic rings. The van der Waals surface area contributed by atoms with Crippen LogP contribution < -0.4 is 11.2 Å². The van der Waals surface area contributed by atoms with Crippen molar-refractivity contribution in [3.63, 3.8) is 0 Å². The summed E-state index contributed by atoms with van der Waals surface area (Å²) in [6.07, 6.45) is 0. The van der Waals surface area contributed by atoms with E-state index in [2.05, 4.69) is 9.97 Å². The number of aromatic nitrogens is 4. The lowest BCUT2D eigenvalue weighted by atomic mass is 10.2. The zero-order valence-electron chi connectivity index (χ0n) is 15.0. The number of aryl methyl sites for hydroxylation is 1. The van der Waals surface area contributed by atoms with Crippen molar-refractivity contribution in [1.29, 1.82) is 0 Å². The second-order valence-electron chi connectivity index (χ2n) is 6.36. The molecule has 0 fully saturated rings. The average Bonchev–Trinajstić information content (AvgIpc) is 2.63. The summed E-state index contributed by atoms with van der Waals surface area (Å²) in [5.74, 6) is 1.32. The fraction of sp³-hybridized carbons (Fsp3) is 0.333. The Hall–Kier alpha value is -2.12. The summed E-state index contributed by atoms with van der Waals surface area (Å²) < 4.78 is 2.49. The molecule has 26 heavy (non-hydrogen) atoms. The van der Waals surface area contributed by atoms with Gasteiger partial charge in [0, 0.05) is 30.8 Å². The molecule has 6 nitrogen and oxygen atoms in total. The van der Waals surface area contributed by atoms with Crippen LogP contribution in [0.25, 0.3) is 11.0 Å². The van der Waals surface area contributed by atoms with Crippen molar-refractivity contribution in [1.82, 2.24) is 19.1 Å². The number of halogens is 1. The molecule has 0 amide bonds. The van der Waals surface area contributed by atoms with Gasteiger partial charge in [-0.25, -0.2) is 14.8 Å². The fourth-order valence-corrected chi connectivity index (χ4v) is 3.64. The van der Waals surface area contributed by atoms with Crippen molar-refractivity contribution >= 4 is 34.4 Å². The maximum absolute atomic E-state index is 12.7. The number of benzene rings is 1. The molecule has 0 saturated heterocycles. The van der Waals surface area contributed by atoms with Crippen LogP contribution in [0.15, 0.2) is 38.9 Å². The third-order valence-electron chi connectivity index (χ3n) is 4.09. The summed E-state index contributed by atoms with van der Waals surface area (Å²) in [6.45, 7) is 3.96. The van der Waals surface area contributed by atoms with Crippen LogP contribution >= 0.6 is 23.4 Å². The van der Waals surface area contributed by atoms with Crippen LogP contribution in [0, 0.1) is 0 Å². The van der Waals surface area contributed by atoms with E-state index in [0.29, 0.717) is 32.7 Å². The van der Waals surface area contributed by atoms with E-state index >= 15 is 0 Å². The highest BCUT2D eigenvalue weighted by Crippen LogP contribution is 2.27. The Labute approximate surface area is 159 Å². The molecule has 3 aromatic rings.